The lowest BCUT2D eigenvalue weighted by Crippen LogP contribution is -2.34. The summed E-state index contributed by atoms with van der Waals surface area (Å²) in [5, 5.41) is 3.63. The third kappa shape index (κ3) is 3.26. The largest absolute Gasteiger partial charge is 0.396 e. The maximum absolute atomic E-state index is 11.7. The maximum Gasteiger partial charge on any atom is 0.224 e. The Hall–Kier alpha value is -1.82. The third-order valence-electron chi connectivity index (χ3n) is 3.45. The first-order valence-corrected chi connectivity index (χ1v) is 7.49. The van der Waals surface area contributed by atoms with Gasteiger partial charge in [0.15, 0.2) is 0 Å². The minimum Gasteiger partial charge on any atom is -0.396 e. The molecule has 21 heavy (non-hydrogen) atoms. The number of rotatable bonds is 4. The highest BCUT2D eigenvalue weighted by Gasteiger charge is 2.17. The van der Waals surface area contributed by atoms with E-state index in [9.17, 15) is 4.79 Å². The lowest BCUT2D eigenvalue weighted by molar-refractivity contribution is -0.123. The molecule has 0 aliphatic carbocycles. The number of nitrogens with one attached hydrogen (secondary N) is 1. The summed E-state index contributed by atoms with van der Waals surface area (Å²) in [5.74, 6) is -0.116. The fraction of sp³-hybridized carbons (Fsp3) is 0.333. The number of amides is 1. The molecule has 1 aromatic carbocycles. The number of carbonyl (C=O) groups excluding carboxylic acids is 1. The Bertz CT molecular complexity index is 669. The van der Waals surface area contributed by atoms with Crippen LogP contribution in [0.3, 0.4) is 0 Å². The zero-order valence-corrected chi connectivity index (χ0v) is 13.9. The maximum atomic E-state index is 11.7. The molecule has 3 N–H and O–H groups in total. The van der Waals surface area contributed by atoms with E-state index >= 15 is 0 Å². The molecule has 1 atom stereocenters. The van der Waals surface area contributed by atoms with Gasteiger partial charge in [-0.3, -0.25) is 9.78 Å². The molecular formula is C15H19BrN4O. The highest BCUT2D eigenvalue weighted by atomic mass is 79.9. The van der Waals surface area contributed by atoms with E-state index < -0.39 is 0 Å². The zero-order chi connectivity index (χ0) is 15.6. The number of nitrogens with two attached hydrogens (primary N) is 1. The minimum atomic E-state index is -0.130. The average Bonchev–Trinajstić information content (AvgIpc) is 2.45. The van der Waals surface area contributed by atoms with Gasteiger partial charge in [0.05, 0.1) is 29.0 Å². The second-order valence-electron chi connectivity index (χ2n) is 5.12. The quantitative estimate of drug-likeness (QED) is 0.887. The second-order valence-corrected chi connectivity index (χ2v) is 6.04. The molecule has 0 saturated heterocycles. The average molecular weight is 351 g/mol. The fourth-order valence-electron chi connectivity index (χ4n) is 2.42. The number of pyridine rings is 1. The SMILES string of the molecule is CNC(=O)C(C)CN(C)c1c(N)cnc2ccc(Br)cc12. The number of halogens is 1. The third-order valence-corrected chi connectivity index (χ3v) is 3.95. The van der Waals surface area contributed by atoms with Crippen LogP contribution in [0.25, 0.3) is 10.9 Å². The molecule has 112 valence electrons. The van der Waals surface area contributed by atoms with Gasteiger partial charge in [-0.25, -0.2) is 0 Å². The van der Waals surface area contributed by atoms with Gasteiger partial charge in [0.25, 0.3) is 0 Å². The van der Waals surface area contributed by atoms with E-state index in [0.29, 0.717) is 12.2 Å². The highest BCUT2D eigenvalue weighted by molar-refractivity contribution is 9.10. The predicted molar refractivity (Wildman–Crippen MR) is 90.4 cm³/mol. The number of nitrogens with zero attached hydrogens (tertiary/aromatic N) is 2. The minimum absolute atomic E-state index is 0.0139. The lowest BCUT2D eigenvalue weighted by Gasteiger charge is -2.25. The summed E-state index contributed by atoms with van der Waals surface area (Å²) in [5.41, 5.74) is 8.48. The summed E-state index contributed by atoms with van der Waals surface area (Å²) in [6.07, 6.45) is 1.66. The summed E-state index contributed by atoms with van der Waals surface area (Å²) in [6.45, 7) is 2.47. The highest BCUT2D eigenvalue weighted by Crippen LogP contribution is 2.32. The first-order valence-electron chi connectivity index (χ1n) is 6.70. The Kier molecular flexibility index (Phi) is 4.67. The molecule has 0 spiro atoms. The van der Waals surface area contributed by atoms with Crippen molar-refractivity contribution in [1.29, 1.82) is 0 Å². The van der Waals surface area contributed by atoms with Crippen LogP contribution in [-0.4, -0.2) is 31.5 Å². The van der Waals surface area contributed by atoms with Crippen molar-refractivity contribution >= 4 is 44.1 Å². The van der Waals surface area contributed by atoms with Crippen molar-refractivity contribution in [3.05, 3.63) is 28.9 Å². The van der Waals surface area contributed by atoms with Crippen molar-refractivity contribution < 1.29 is 4.79 Å². The van der Waals surface area contributed by atoms with Gasteiger partial charge in [0, 0.05) is 30.5 Å². The molecule has 1 unspecified atom stereocenters. The Morgan fingerprint density at radius 3 is 2.90 bits per heavy atom. The number of hydrogen-bond acceptors (Lipinski definition) is 4. The molecule has 0 aliphatic heterocycles. The van der Waals surface area contributed by atoms with Crippen molar-refractivity contribution in [2.45, 2.75) is 6.92 Å². The molecule has 2 aromatic rings. The van der Waals surface area contributed by atoms with E-state index in [2.05, 4.69) is 26.2 Å². The van der Waals surface area contributed by atoms with Gasteiger partial charge in [0.1, 0.15) is 0 Å². The van der Waals surface area contributed by atoms with Crippen LogP contribution in [0, 0.1) is 5.92 Å². The first-order chi connectivity index (χ1) is 9.93. The van der Waals surface area contributed by atoms with Gasteiger partial charge in [-0.1, -0.05) is 22.9 Å². The number of aromatic nitrogens is 1. The molecular weight excluding hydrogens is 332 g/mol. The fourth-order valence-corrected chi connectivity index (χ4v) is 2.78. The standard InChI is InChI=1S/C15H19BrN4O/c1-9(15(21)18-2)8-20(3)14-11-6-10(16)4-5-13(11)19-7-12(14)17/h4-7,9H,8,17H2,1-3H3,(H,18,21). The van der Waals surface area contributed by atoms with Crippen molar-refractivity contribution in [2.75, 3.05) is 31.3 Å². The molecule has 1 amide bonds. The summed E-state index contributed by atoms with van der Waals surface area (Å²) in [6, 6.07) is 5.88. The zero-order valence-electron chi connectivity index (χ0n) is 12.4. The van der Waals surface area contributed by atoms with Crippen LogP contribution < -0.4 is 16.0 Å². The number of hydrogen-bond donors (Lipinski definition) is 2. The molecule has 2 rings (SSSR count). The topological polar surface area (TPSA) is 71.2 Å². The number of benzene rings is 1. The van der Waals surface area contributed by atoms with E-state index in [1.807, 2.05) is 37.1 Å². The number of fused-ring (bicyclic) bond motifs is 1. The van der Waals surface area contributed by atoms with Crippen LogP contribution in [0.4, 0.5) is 11.4 Å². The van der Waals surface area contributed by atoms with Crippen LogP contribution in [0.2, 0.25) is 0 Å². The van der Waals surface area contributed by atoms with Gasteiger partial charge in [0.2, 0.25) is 5.91 Å². The summed E-state index contributed by atoms with van der Waals surface area (Å²) < 4.78 is 0.969. The van der Waals surface area contributed by atoms with E-state index in [-0.39, 0.29) is 11.8 Å². The van der Waals surface area contributed by atoms with Crippen molar-refractivity contribution in [1.82, 2.24) is 10.3 Å². The molecule has 0 radical (unpaired) electrons. The van der Waals surface area contributed by atoms with Crippen LogP contribution >= 0.6 is 15.9 Å². The van der Waals surface area contributed by atoms with Gasteiger partial charge >= 0.3 is 0 Å². The van der Waals surface area contributed by atoms with Crippen LogP contribution in [0.5, 0.6) is 0 Å². The van der Waals surface area contributed by atoms with E-state index in [1.165, 1.54) is 0 Å². The van der Waals surface area contributed by atoms with Crippen LogP contribution in [0.15, 0.2) is 28.9 Å². The van der Waals surface area contributed by atoms with E-state index in [4.69, 9.17) is 5.73 Å². The van der Waals surface area contributed by atoms with E-state index in [0.717, 1.165) is 21.1 Å². The van der Waals surface area contributed by atoms with Gasteiger partial charge in [-0.2, -0.15) is 0 Å². The summed E-state index contributed by atoms with van der Waals surface area (Å²) in [7, 11) is 3.58. The molecule has 5 nitrogen and oxygen atoms in total. The van der Waals surface area contributed by atoms with Crippen molar-refractivity contribution in [3.63, 3.8) is 0 Å². The monoisotopic (exact) mass is 350 g/mol. The smallest absolute Gasteiger partial charge is 0.224 e. The molecule has 0 saturated carbocycles. The molecule has 0 fully saturated rings. The Labute approximate surface area is 132 Å². The van der Waals surface area contributed by atoms with Crippen molar-refractivity contribution in [2.24, 2.45) is 5.92 Å². The van der Waals surface area contributed by atoms with Gasteiger partial charge < -0.3 is 16.0 Å². The number of anilines is 2. The summed E-state index contributed by atoms with van der Waals surface area (Å²) >= 11 is 3.47. The van der Waals surface area contributed by atoms with Gasteiger partial charge in [-0.05, 0) is 18.2 Å². The predicted octanol–water partition coefficient (Wildman–Crippen LogP) is 2.40. The van der Waals surface area contributed by atoms with E-state index in [1.54, 1.807) is 13.2 Å². The summed E-state index contributed by atoms with van der Waals surface area (Å²) in [4.78, 5) is 18.0. The Balaban J connectivity index is 2.42. The Morgan fingerprint density at radius 1 is 1.52 bits per heavy atom. The number of carbonyl (C=O) groups is 1. The molecule has 0 bridgehead atoms. The Morgan fingerprint density at radius 2 is 2.24 bits per heavy atom. The first kappa shape index (κ1) is 15.6. The molecule has 1 aromatic heterocycles. The number of nitrogen functional groups attached to an aromatic ring is 1. The lowest BCUT2D eigenvalue weighted by atomic mass is 10.1. The molecule has 0 aliphatic rings. The van der Waals surface area contributed by atoms with Gasteiger partial charge in [-0.15, -0.1) is 0 Å². The van der Waals surface area contributed by atoms with Crippen LogP contribution in [-0.2, 0) is 4.79 Å². The normalized spacial score (nSPS) is 12.2. The molecule has 1 heterocycles. The second kappa shape index (κ2) is 6.30. The van der Waals surface area contributed by atoms with Crippen molar-refractivity contribution in [3.8, 4) is 0 Å². The molecule has 6 heteroatoms. The van der Waals surface area contributed by atoms with Crippen LogP contribution in [0.1, 0.15) is 6.92 Å².